The number of hydrogen-bond donors (Lipinski definition) is 3. The zero-order valence-corrected chi connectivity index (χ0v) is 20.5. The Morgan fingerprint density at radius 2 is 2.00 bits per heavy atom. The minimum absolute atomic E-state index is 0.0808. The molecule has 5 aromatic rings. The van der Waals surface area contributed by atoms with E-state index in [4.69, 9.17) is 4.74 Å². The predicted molar refractivity (Wildman–Crippen MR) is 138 cm³/mol. The molecule has 9 nitrogen and oxygen atoms in total. The standard InChI is InChI=1S/C27H26N6O3/c1-5-18-15(2)32-33(3)25(18)31-26(35)17-8-10-21-22(14-17)30-24(29-21)20-13-16(9-11-23(20)34)19-7-6-12-28-27(19)36-4/h6-14,34H,5H2,1-4H3,(H,29,30)(H,31,35). The molecule has 0 fully saturated rings. The first-order valence-electron chi connectivity index (χ1n) is 11.6. The molecule has 0 saturated heterocycles. The SMILES string of the molecule is CCc1c(C)nn(C)c1NC(=O)c1ccc2[nH]c(-c3cc(-c4cccnc4OC)ccc3O)nc2c1. The molecular weight excluding hydrogens is 456 g/mol. The van der Waals surface area contributed by atoms with E-state index in [1.165, 1.54) is 0 Å². The second-order valence-electron chi connectivity index (χ2n) is 8.45. The molecule has 0 spiro atoms. The Morgan fingerprint density at radius 1 is 1.17 bits per heavy atom. The molecule has 2 aromatic carbocycles. The molecular formula is C27H26N6O3. The van der Waals surface area contributed by atoms with Crippen LogP contribution in [0.15, 0.2) is 54.7 Å². The topological polar surface area (TPSA) is 118 Å². The minimum Gasteiger partial charge on any atom is -0.507 e. The highest BCUT2D eigenvalue weighted by molar-refractivity contribution is 6.06. The number of methoxy groups -OCH3 is 1. The van der Waals surface area contributed by atoms with Crippen LogP contribution in [0.25, 0.3) is 33.5 Å². The monoisotopic (exact) mass is 482 g/mol. The fourth-order valence-corrected chi connectivity index (χ4v) is 4.40. The number of hydrogen-bond acceptors (Lipinski definition) is 6. The third-order valence-electron chi connectivity index (χ3n) is 6.20. The number of pyridine rings is 1. The van der Waals surface area contributed by atoms with Crippen LogP contribution in [0.1, 0.15) is 28.5 Å². The Kier molecular flexibility index (Phi) is 5.89. The van der Waals surface area contributed by atoms with Gasteiger partial charge in [0.1, 0.15) is 17.4 Å². The van der Waals surface area contributed by atoms with Crippen LogP contribution in [0.4, 0.5) is 5.82 Å². The molecule has 0 bridgehead atoms. The zero-order chi connectivity index (χ0) is 25.4. The fourth-order valence-electron chi connectivity index (χ4n) is 4.40. The first kappa shape index (κ1) is 23.1. The van der Waals surface area contributed by atoms with Gasteiger partial charge in [0.2, 0.25) is 5.88 Å². The van der Waals surface area contributed by atoms with Gasteiger partial charge in [0, 0.05) is 29.9 Å². The van der Waals surface area contributed by atoms with Gasteiger partial charge in [-0.1, -0.05) is 13.0 Å². The lowest BCUT2D eigenvalue weighted by Crippen LogP contribution is -2.15. The molecule has 0 radical (unpaired) electrons. The number of aryl methyl sites for hydroxylation is 2. The molecule has 0 saturated carbocycles. The molecule has 3 N–H and O–H groups in total. The highest BCUT2D eigenvalue weighted by Crippen LogP contribution is 2.35. The summed E-state index contributed by atoms with van der Waals surface area (Å²) < 4.78 is 7.07. The molecule has 5 rings (SSSR count). The Balaban J connectivity index is 1.49. The largest absolute Gasteiger partial charge is 0.507 e. The van der Waals surface area contributed by atoms with E-state index in [2.05, 4.69) is 25.4 Å². The summed E-state index contributed by atoms with van der Waals surface area (Å²) in [6, 6.07) is 14.3. The lowest BCUT2D eigenvalue weighted by Gasteiger charge is -2.09. The van der Waals surface area contributed by atoms with Gasteiger partial charge in [0.25, 0.3) is 5.91 Å². The van der Waals surface area contributed by atoms with Gasteiger partial charge in [-0.2, -0.15) is 5.10 Å². The Morgan fingerprint density at radius 3 is 2.78 bits per heavy atom. The number of phenolic OH excluding ortho intramolecular Hbond substituents is 1. The van der Waals surface area contributed by atoms with E-state index in [9.17, 15) is 9.90 Å². The minimum atomic E-state index is -0.243. The van der Waals surface area contributed by atoms with Crippen molar-refractivity contribution in [3.8, 4) is 34.1 Å². The van der Waals surface area contributed by atoms with E-state index in [1.54, 1.807) is 48.3 Å². The van der Waals surface area contributed by atoms with Crippen LogP contribution in [-0.4, -0.2) is 42.9 Å². The van der Waals surface area contributed by atoms with Gasteiger partial charge in [-0.15, -0.1) is 0 Å². The summed E-state index contributed by atoms with van der Waals surface area (Å²) in [5.41, 5.74) is 5.88. The number of nitrogens with zero attached hydrogens (tertiary/aromatic N) is 4. The number of rotatable bonds is 6. The normalized spacial score (nSPS) is 11.1. The van der Waals surface area contributed by atoms with Crippen LogP contribution in [-0.2, 0) is 13.5 Å². The van der Waals surface area contributed by atoms with Crippen LogP contribution >= 0.6 is 0 Å². The number of imidazole rings is 1. The van der Waals surface area contributed by atoms with Gasteiger partial charge in [-0.25, -0.2) is 9.97 Å². The molecule has 36 heavy (non-hydrogen) atoms. The third-order valence-corrected chi connectivity index (χ3v) is 6.20. The molecule has 0 aliphatic carbocycles. The van der Waals surface area contributed by atoms with E-state index in [0.29, 0.717) is 34.2 Å². The van der Waals surface area contributed by atoms with Crippen molar-refractivity contribution in [2.75, 3.05) is 12.4 Å². The maximum absolute atomic E-state index is 13.0. The Bertz CT molecular complexity index is 1600. The zero-order valence-electron chi connectivity index (χ0n) is 20.5. The van der Waals surface area contributed by atoms with Gasteiger partial charge in [0.15, 0.2) is 0 Å². The van der Waals surface area contributed by atoms with Crippen LogP contribution in [0, 0.1) is 6.92 Å². The fraction of sp³-hybridized carbons (Fsp3) is 0.185. The highest BCUT2D eigenvalue weighted by Gasteiger charge is 2.18. The number of aromatic nitrogens is 5. The van der Waals surface area contributed by atoms with Crippen LogP contribution in [0.5, 0.6) is 11.6 Å². The van der Waals surface area contributed by atoms with Gasteiger partial charge in [-0.05, 0) is 61.4 Å². The molecule has 3 heterocycles. The molecule has 1 amide bonds. The first-order chi connectivity index (χ1) is 17.4. The van der Waals surface area contributed by atoms with Crippen LogP contribution in [0.2, 0.25) is 0 Å². The Hall–Kier alpha value is -4.66. The van der Waals surface area contributed by atoms with Gasteiger partial charge in [0.05, 0.1) is 29.4 Å². The van der Waals surface area contributed by atoms with Crippen molar-refractivity contribution in [1.82, 2.24) is 24.7 Å². The van der Waals surface area contributed by atoms with E-state index < -0.39 is 0 Å². The van der Waals surface area contributed by atoms with Gasteiger partial charge >= 0.3 is 0 Å². The molecule has 0 atom stereocenters. The molecule has 3 aromatic heterocycles. The van der Waals surface area contributed by atoms with Gasteiger partial charge < -0.3 is 20.1 Å². The summed E-state index contributed by atoms with van der Waals surface area (Å²) in [5.74, 6) is 1.50. The molecule has 182 valence electrons. The number of aromatic amines is 1. The second-order valence-corrected chi connectivity index (χ2v) is 8.45. The number of benzene rings is 2. The molecule has 9 heteroatoms. The third kappa shape index (κ3) is 4.04. The van der Waals surface area contributed by atoms with Crippen molar-refractivity contribution in [2.45, 2.75) is 20.3 Å². The summed E-state index contributed by atoms with van der Waals surface area (Å²) in [6.07, 6.45) is 2.43. The number of aromatic hydroxyl groups is 1. The maximum atomic E-state index is 13.0. The van der Waals surface area contributed by atoms with Crippen molar-refractivity contribution >= 4 is 22.8 Å². The summed E-state index contributed by atoms with van der Waals surface area (Å²) in [6.45, 7) is 3.96. The maximum Gasteiger partial charge on any atom is 0.256 e. The van der Waals surface area contributed by atoms with E-state index in [0.717, 1.165) is 34.3 Å². The number of carbonyl (C=O) groups is 1. The number of ether oxygens (including phenoxy) is 1. The molecule has 0 aliphatic heterocycles. The second kappa shape index (κ2) is 9.18. The first-order valence-corrected chi connectivity index (χ1v) is 11.6. The molecule has 0 unspecified atom stereocenters. The van der Waals surface area contributed by atoms with E-state index in [-0.39, 0.29) is 11.7 Å². The number of fused-ring (bicyclic) bond motifs is 1. The molecule has 0 aliphatic rings. The number of nitrogens with one attached hydrogen (secondary N) is 2. The lowest BCUT2D eigenvalue weighted by molar-refractivity contribution is 0.102. The smallest absolute Gasteiger partial charge is 0.256 e. The summed E-state index contributed by atoms with van der Waals surface area (Å²) in [4.78, 5) is 25.2. The van der Waals surface area contributed by atoms with Crippen molar-refractivity contribution in [3.63, 3.8) is 0 Å². The number of amides is 1. The van der Waals surface area contributed by atoms with Crippen LogP contribution < -0.4 is 10.1 Å². The van der Waals surface area contributed by atoms with E-state index in [1.807, 2.05) is 39.1 Å². The lowest BCUT2D eigenvalue weighted by atomic mass is 10.0. The number of H-pyrrole nitrogens is 1. The van der Waals surface area contributed by atoms with Crippen molar-refractivity contribution < 1.29 is 14.6 Å². The van der Waals surface area contributed by atoms with E-state index >= 15 is 0 Å². The average molecular weight is 483 g/mol. The van der Waals surface area contributed by atoms with Crippen molar-refractivity contribution in [2.24, 2.45) is 7.05 Å². The Labute approximate surface area is 207 Å². The summed E-state index contributed by atoms with van der Waals surface area (Å²) in [7, 11) is 3.38. The summed E-state index contributed by atoms with van der Waals surface area (Å²) >= 11 is 0. The predicted octanol–water partition coefficient (Wildman–Crippen LogP) is 4.86. The van der Waals surface area contributed by atoms with Crippen LogP contribution in [0.3, 0.4) is 0 Å². The highest BCUT2D eigenvalue weighted by atomic mass is 16.5. The van der Waals surface area contributed by atoms with Gasteiger partial charge in [-0.3, -0.25) is 9.48 Å². The average Bonchev–Trinajstić information content (AvgIpc) is 3.43. The number of carbonyl (C=O) groups excluding carboxylic acids is 1. The quantitative estimate of drug-likeness (QED) is 0.318. The van der Waals surface area contributed by atoms with Crippen molar-refractivity contribution in [3.05, 3.63) is 71.5 Å². The number of anilines is 1. The van der Waals surface area contributed by atoms with Crippen molar-refractivity contribution in [1.29, 1.82) is 0 Å². The summed E-state index contributed by atoms with van der Waals surface area (Å²) in [5, 5.41) is 18.0. The number of phenols is 1.